The Morgan fingerprint density at radius 2 is 2.00 bits per heavy atom. The lowest BCUT2D eigenvalue weighted by Crippen LogP contribution is -2.55. The maximum atomic E-state index is 11.4. The van der Waals surface area contributed by atoms with Crippen molar-refractivity contribution in [1.29, 1.82) is 0 Å². The molecule has 0 spiro atoms. The third-order valence-electron chi connectivity index (χ3n) is 4.98. The Balaban J connectivity index is 1.84. The van der Waals surface area contributed by atoms with Gasteiger partial charge in [-0.05, 0) is 36.3 Å². The summed E-state index contributed by atoms with van der Waals surface area (Å²) in [6, 6.07) is 11.4. The zero-order valence-electron chi connectivity index (χ0n) is 13.1. The molecule has 0 unspecified atom stereocenters. The highest BCUT2D eigenvalue weighted by Gasteiger charge is 2.48. The fraction of sp³-hybridized carbons (Fsp3) is 0.647. The van der Waals surface area contributed by atoms with E-state index in [1.807, 2.05) is 0 Å². The molecule has 1 aliphatic rings. The van der Waals surface area contributed by atoms with Gasteiger partial charge in [0.2, 0.25) is 0 Å². The highest BCUT2D eigenvalue weighted by Crippen LogP contribution is 2.52. The fourth-order valence-electron chi connectivity index (χ4n) is 3.15. The number of rotatable bonds is 6. The summed E-state index contributed by atoms with van der Waals surface area (Å²) in [6.07, 6.45) is 4.00. The molecule has 0 aromatic heterocycles. The third-order valence-corrected chi connectivity index (χ3v) is 6.35. The van der Waals surface area contributed by atoms with Crippen LogP contribution in [0.5, 0.6) is 0 Å². The van der Waals surface area contributed by atoms with Crippen LogP contribution >= 0.6 is 0 Å². The van der Waals surface area contributed by atoms with Gasteiger partial charge in [0.1, 0.15) is 0 Å². The van der Waals surface area contributed by atoms with Gasteiger partial charge in [0.25, 0.3) is 0 Å². The second-order valence-corrected chi connectivity index (χ2v) is 8.43. The predicted octanol–water partition coefficient (Wildman–Crippen LogP) is 3.32. The lowest BCUT2D eigenvalue weighted by molar-refractivity contribution is 0.0692. The van der Waals surface area contributed by atoms with Crippen LogP contribution in [0.3, 0.4) is 0 Å². The quantitative estimate of drug-likeness (QED) is 0.872. The molecule has 1 N–H and O–H groups in total. The Labute approximate surface area is 125 Å². The van der Waals surface area contributed by atoms with Crippen molar-refractivity contribution in [2.24, 2.45) is 5.41 Å². The van der Waals surface area contributed by atoms with Crippen LogP contribution < -0.4 is 5.32 Å². The first-order valence-electron chi connectivity index (χ1n) is 7.53. The van der Waals surface area contributed by atoms with E-state index >= 15 is 0 Å². The molecule has 0 radical (unpaired) electrons. The smallest absolute Gasteiger partial charge is 0.0329 e. The summed E-state index contributed by atoms with van der Waals surface area (Å²) in [5.74, 6) is 0.652. The molecule has 0 saturated heterocycles. The van der Waals surface area contributed by atoms with Crippen molar-refractivity contribution in [2.45, 2.75) is 50.8 Å². The van der Waals surface area contributed by atoms with Gasteiger partial charge in [0.15, 0.2) is 0 Å². The molecule has 3 heteroatoms. The van der Waals surface area contributed by atoms with Gasteiger partial charge in [-0.2, -0.15) is 0 Å². The first kappa shape index (κ1) is 15.7. The van der Waals surface area contributed by atoms with Gasteiger partial charge < -0.3 is 5.32 Å². The minimum atomic E-state index is -0.705. The molecule has 1 fully saturated rings. The first-order valence-corrected chi connectivity index (χ1v) is 9.15. The highest BCUT2D eigenvalue weighted by atomic mass is 32.2. The molecule has 0 bridgehead atoms. The second kappa shape index (κ2) is 6.40. The zero-order chi connectivity index (χ0) is 14.8. The fourth-order valence-corrected chi connectivity index (χ4v) is 3.60. The summed E-state index contributed by atoms with van der Waals surface area (Å²) < 4.78 is 11.4. The second-order valence-electron chi connectivity index (χ2n) is 6.62. The molecule has 0 heterocycles. The Bertz CT molecular complexity index is 457. The predicted molar refractivity (Wildman–Crippen MR) is 87.5 cm³/mol. The Morgan fingerprint density at radius 1 is 1.35 bits per heavy atom. The largest absolute Gasteiger partial charge is 0.313 e. The lowest BCUT2D eigenvalue weighted by atomic mass is 9.56. The molecule has 1 aromatic carbocycles. The summed E-state index contributed by atoms with van der Waals surface area (Å²) >= 11 is 0. The summed E-state index contributed by atoms with van der Waals surface area (Å²) in [5.41, 5.74) is 1.76. The van der Waals surface area contributed by atoms with E-state index in [1.54, 1.807) is 6.26 Å². The molecule has 4 atom stereocenters. The SMILES string of the molecule is C[C@H](CCN[C@@H]1C[C@H](c2ccccc2)C1(C)C)[S@](C)=O. The summed E-state index contributed by atoms with van der Waals surface area (Å²) in [4.78, 5) is 0. The van der Waals surface area contributed by atoms with Crippen LogP contribution in [0.25, 0.3) is 0 Å². The van der Waals surface area contributed by atoms with Crippen molar-refractivity contribution >= 4 is 10.8 Å². The number of hydrogen-bond donors (Lipinski definition) is 1. The average Bonchev–Trinajstić information content (AvgIpc) is 2.42. The van der Waals surface area contributed by atoms with Gasteiger partial charge in [-0.3, -0.25) is 4.21 Å². The van der Waals surface area contributed by atoms with E-state index in [4.69, 9.17) is 0 Å². The maximum Gasteiger partial charge on any atom is 0.0329 e. The van der Waals surface area contributed by atoms with Crippen LogP contribution in [-0.4, -0.2) is 28.3 Å². The Kier molecular flexibility index (Phi) is 5.03. The van der Waals surface area contributed by atoms with Gasteiger partial charge in [-0.1, -0.05) is 51.1 Å². The van der Waals surface area contributed by atoms with E-state index in [-0.39, 0.29) is 5.25 Å². The molecule has 0 amide bonds. The van der Waals surface area contributed by atoms with Gasteiger partial charge >= 0.3 is 0 Å². The summed E-state index contributed by atoms with van der Waals surface area (Å²) in [5, 5.41) is 3.95. The van der Waals surface area contributed by atoms with Crippen molar-refractivity contribution in [3.63, 3.8) is 0 Å². The van der Waals surface area contributed by atoms with E-state index < -0.39 is 10.8 Å². The normalized spacial score (nSPS) is 27.6. The van der Waals surface area contributed by atoms with Gasteiger partial charge in [-0.25, -0.2) is 0 Å². The Hall–Kier alpha value is -0.670. The van der Waals surface area contributed by atoms with Crippen LogP contribution in [0, 0.1) is 5.41 Å². The molecule has 112 valence electrons. The number of benzene rings is 1. The molecule has 2 nitrogen and oxygen atoms in total. The van der Waals surface area contributed by atoms with Crippen molar-refractivity contribution in [3.8, 4) is 0 Å². The minimum absolute atomic E-state index is 0.288. The first-order chi connectivity index (χ1) is 9.43. The molecule has 1 aliphatic carbocycles. The summed E-state index contributed by atoms with van der Waals surface area (Å²) in [6.45, 7) is 7.74. The van der Waals surface area contributed by atoms with Crippen molar-refractivity contribution in [1.82, 2.24) is 5.32 Å². The zero-order valence-corrected chi connectivity index (χ0v) is 13.9. The number of hydrogen-bond acceptors (Lipinski definition) is 2. The topological polar surface area (TPSA) is 29.1 Å². The van der Waals surface area contributed by atoms with Crippen LogP contribution in [0.1, 0.15) is 45.1 Å². The molecule has 0 aliphatic heterocycles. The molecule has 1 aromatic rings. The maximum absolute atomic E-state index is 11.4. The van der Waals surface area contributed by atoms with Gasteiger partial charge in [-0.15, -0.1) is 0 Å². The van der Waals surface area contributed by atoms with E-state index in [0.717, 1.165) is 13.0 Å². The molecular weight excluding hydrogens is 266 g/mol. The van der Waals surface area contributed by atoms with E-state index in [0.29, 0.717) is 17.4 Å². The molecule has 2 rings (SSSR count). The molecule has 1 saturated carbocycles. The lowest BCUT2D eigenvalue weighted by Gasteiger charge is -2.53. The van der Waals surface area contributed by atoms with Crippen molar-refractivity contribution in [3.05, 3.63) is 35.9 Å². The highest BCUT2D eigenvalue weighted by molar-refractivity contribution is 7.84. The third kappa shape index (κ3) is 3.32. The van der Waals surface area contributed by atoms with E-state index in [1.165, 1.54) is 12.0 Å². The standard InChI is InChI=1S/C17H27NOS/c1-13(20(4)19)10-11-18-16-12-15(17(16,2)3)14-8-6-5-7-9-14/h5-9,13,15-16,18H,10-12H2,1-4H3/t13-,15-,16-,20+/m1/s1. The van der Waals surface area contributed by atoms with E-state index in [2.05, 4.69) is 56.4 Å². The summed E-state index contributed by atoms with van der Waals surface area (Å²) in [7, 11) is -0.705. The Morgan fingerprint density at radius 3 is 2.55 bits per heavy atom. The van der Waals surface area contributed by atoms with Crippen molar-refractivity contribution in [2.75, 3.05) is 12.8 Å². The van der Waals surface area contributed by atoms with Crippen LogP contribution in [0.15, 0.2) is 30.3 Å². The van der Waals surface area contributed by atoms with E-state index in [9.17, 15) is 4.21 Å². The monoisotopic (exact) mass is 293 g/mol. The van der Waals surface area contributed by atoms with Gasteiger partial charge in [0.05, 0.1) is 0 Å². The molecule has 20 heavy (non-hydrogen) atoms. The van der Waals surface area contributed by atoms with Crippen molar-refractivity contribution < 1.29 is 4.21 Å². The van der Waals surface area contributed by atoms with Crippen LogP contribution in [0.2, 0.25) is 0 Å². The molecular formula is C17H27NOS. The number of nitrogens with one attached hydrogen (secondary N) is 1. The average molecular weight is 293 g/mol. The minimum Gasteiger partial charge on any atom is -0.313 e. The van der Waals surface area contributed by atoms with Crippen LogP contribution in [-0.2, 0) is 10.8 Å². The van der Waals surface area contributed by atoms with Gasteiger partial charge in [0, 0.05) is 28.3 Å². The van der Waals surface area contributed by atoms with Crippen LogP contribution in [0.4, 0.5) is 0 Å².